The van der Waals surface area contributed by atoms with Gasteiger partial charge in [0.1, 0.15) is 0 Å². The van der Waals surface area contributed by atoms with Crippen molar-refractivity contribution in [3.63, 3.8) is 0 Å². The molecule has 0 fully saturated rings. The molecular weight excluding hydrogens is 745 g/mol. The van der Waals surface area contributed by atoms with Gasteiger partial charge < -0.3 is 41.2 Å². The number of hydrogen-bond donors (Lipinski definition) is 0. The van der Waals surface area contributed by atoms with Crippen LogP contribution in [0.4, 0.5) is 0 Å². The summed E-state index contributed by atoms with van der Waals surface area (Å²) in [5, 5.41) is 0. The molecule has 0 spiro atoms. The van der Waals surface area contributed by atoms with E-state index >= 15 is 0 Å². The molecule has 0 N–H and O–H groups in total. The minimum absolute atomic E-state index is 1.67. The van der Waals surface area contributed by atoms with Crippen molar-refractivity contribution in [2.24, 2.45) is 0 Å². The van der Waals surface area contributed by atoms with Crippen LogP contribution in [0.3, 0.4) is 0 Å². The van der Waals surface area contributed by atoms with E-state index in [1.807, 2.05) is 0 Å². The van der Waals surface area contributed by atoms with Crippen molar-refractivity contribution in [3.05, 3.63) is 0 Å². The molecule has 21 heteroatoms. The average Bonchev–Trinajstić information content (AvgIpc) is 2.46. The molecule has 0 rings (SSSR count). The molecule has 0 bridgehead atoms. The molecule has 10 nitrogen and oxygen atoms in total. The highest BCUT2D eigenvalue weighted by Crippen LogP contribution is 2.30. The van der Waals surface area contributed by atoms with Gasteiger partial charge in [0.25, 0.3) is 9.28 Å². The summed E-state index contributed by atoms with van der Waals surface area (Å²) in [5.41, 5.74) is 0. The Morgan fingerprint density at radius 1 is 0.250 bits per heavy atom. The highest BCUT2D eigenvalue weighted by atomic mass is 28.5. The summed E-state index contributed by atoms with van der Waals surface area (Å²) >= 11 is 0. The Hall–Kier alpha value is 1.99. The molecule has 0 aliphatic carbocycles. The second-order valence-corrected chi connectivity index (χ2v) is 57.4. The Morgan fingerprint density at radius 2 is 0.455 bits per heavy atom. The van der Waals surface area contributed by atoms with Gasteiger partial charge in [0.05, 0.1) is 0 Å². The minimum atomic E-state index is -2.66. The van der Waals surface area contributed by atoms with E-state index in [0.717, 1.165) is 0 Å². The van der Waals surface area contributed by atoms with E-state index in [1.165, 1.54) is 0 Å². The van der Waals surface area contributed by atoms with Gasteiger partial charge in [-0.05, 0) is 151 Å². The zero-order chi connectivity index (χ0) is 35.6. The van der Waals surface area contributed by atoms with Crippen LogP contribution in [0.15, 0.2) is 0 Å². The lowest BCUT2D eigenvalue weighted by Crippen LogP contribution is -2.62. The Labute approximate surface area is 284 Å². The lowest BCUT2D eigenvalue weighted by atomic mass is 11.8. The first kappa shape index (κ1) is 46.0. The zero-order valence-electron chi connectivity index (χ0n) is 32.7. The largest absolute Gasteiger partial charge is 0.439 e. The minimum Gasteiger partial charge on any atom is -0.439 e. The average molecular weight is 816 g/mol. The van der Waals surface area contributed by atoms with Crippen LogP contribution in [0.2, 0.25) is 151 Å². The standard InChI is InChI=1S/C23H70O10Si11/c1-34(24-35(2,3)4)25-37(8,9)27-39(12,13)29-41(16,17)31-43(20,21)33-44(22,23)32-42(18,19)30-40(14,15)28-38(10,11)26-36(5,6)7/h34H,1-23H3. The molecule has 0 saturated heterocycles. The van der Waals surface area contributed by atoms with E-state index < -0.39 is 94.4 Å². The molecule has 1 atom stereocenters. The second kappa shape index (κ2) is 15.5. The van der Waals surface area contributed by atoms with Crippen molar-refractivity contribution < 1.29 is 41.2 Å². The summed E-state index contributed by atoms with van der Waals surface area (Å²) in [6, 6.07) is 0. The molecule has 0 amide bonds. The summed E-state index contributed by atoms with van der Waals surface area (Å²) in [7, 11) is -25.7. The van der Waals surface area contributed by atoms with Gasteiger partial charge in [0.15, 0.2) is 16.6 Å². The maximum atomic E-state index is 6.75. The Kier molecular flexibility index (Phi) is 16.2. The second-order valence-electron chi connectivity index (χ2n) is 17.0. The molecule has 0 aliphatic rings. The molecule has 0 radical (unpaired) electrons. The smallest absolute Gasteiger partial charge is 0.314 e. The van der Waals surface area contributed by atoms with Gasteiger partial charge in [-0.15, -0.1) is 0 Å². The van der Waals surface area contributed by atoms with Crippen LogP contribution in [0.25, 0.3) is 0 Å². The summed E-state index contributed by atoms with van der Waals surface area (Å²) in [5.74, 6) is 0. The number of hydrogen-bond acceptors (Lipinski definition) is 10. The van der Waals surface area contributed by atoms with Crippen molar-refractivity contribution in [2.75, 3.05) is 0 Å². The predicted molar refractivity (Wildman–Crippen MR) is 210 cm³/mol. The molecule has 0 aliphatic heterocycles. The summed E-state index contributed by atoms with van der Waals surface area (Å²) in [6.45, 7) is 48.5. The highest BCUT2D eigenvalue weighted by molar-refractivity contribution is 6.93. The summed E-state index contributed by atoms with van der Waals surface area (Å²) in [6.07, 6.45) is 0. The summed E-state index contributed by atoms with van der Waals surface area (Å²) in [4.78, 5) is 0. The van der Waals surface area contributed by atoms with E-state index in [-0.39, 0.29) is 0 Å². The maximum Gasteiger partial charge on any atom is 0.314 e. The molecule has 0 aromatic heterocycles. The van der Waals surface area contributed by atoms with Crippen molar-refractivity contribution >= 4 is 94.4 Å². The van der Waals surface area contributed by atoms with Crippen molar-refractivity contribution in [2.45, 2.75) is 151 Å². The molecule has 0 aromatic carbocycles. The zero-order valence-corrected chi connectivity index (χ0v) is 43.8. The monoisotopic (exact) mass is 814 g/mol. The van der Waals surface area contributed by atoms with Crippen LogP contribution >= 0.6 is 0 Å². The van der Waals surface area contributed by atoms with Crippen molar-refractivity contribution in [1.82, 2.24) is 0 Å². The summed E-state index contributed by atoms with van der Waals surface area (Å²) < 4.78 is 65.9. The molecule has 0 aromatic rings. The van der Waals surface area contributed by atoms with Crippen LogP contribution in [0.5, 0.6) is 0 Å². The third-order valence-corrected chi connectivity index (χ3v) is 44.7. The SMILES string of the molecule is C[SiH](O[Si](C)(C)C)O[Si](C)(C)O[Si](C)(C)O[Si](C)(C)O[Si](C)(C)O[Si](C)(C)O[Si](C)(C)O[Si](C)(C)O[Si](C)(C)O[Si](C)(C)C. The molecule has 0 saturated carbocycles. The van der Waals surface area contributed by atoms with Crippen molar-refractivity contribution in [3.8, 4) is 0 Å². The van der Waals surface area contributed by atoms with Crippen LogP contribution in [0, 0.1) is 0 Å². The lowest BCUT2D eigenvalue weighted by molar-refractivity contribution is 0.256. The van der Waals surface area contributed by atoms with E-state index in [9.17, 15) is 0 Å². The molecule has 0 heterocycles. The third-order valence-electron chi connectivity index (χ3n) is 4.96. The van der Waals surface area contributed by atoms with E-state index in [1.54, 1.807) is 0 Å². The first-order valence-corrected chi connectivity index (χ1v) is 47.2. The fourth-order valence-corrected chi connectivity index (χ4v) is 57.2. The number of rotatable bonds is 20. The van der Waals surface area contributed by atoms with Gasteiger partial charge in [0.2, 0.25) is 0 Å². The maximum absolute atomic E-state index is 6.75. The molecule has 44 heavy (non-hydrogen) atoms. The lowest BCUT2D eigenvalue weighted by Gasteiger charge is -2.44. The Morgan fingerprint density at radius 3 is 0.659 bits per heavy atom. The molecule has 1 unspecified atom stereocenters. The van der Waals surface area contributed by atoms with Crippen LogP contribution in [-0.2, 0) is 41.2 Å². The van der Waals surface area contributed by atoms with Gasteiger partial charge in [0, 0.05) is 0 Å². The van der Waals surface area contributed by atoms with Gasteiger partial charge in [-0.3, -0.25) is 0 Å². The van der Waals surface area contributed by atoms with Crippen LogP contribution < -0.4 is 0 Å². The first-order valence-electron chi connectivity index (χ1n) is 15.7. The Balaban J connectivity index is 5.43. The fraction of sp³-hybridized carbons (Fsp3) is 1.00. The topological polar surface area (TPSA) is 92.3 Å². The van der Waals surface area contributed by atoms with E-state index in [4.69, 9.17) is 41.2 Å². The normalized spacial score (nSPS) is 16.4. The van der Waals surface area contributed by atoms with Crippen molar-refractivity contribution in [1.29, 1.82) is 0 Å². The predicted octanol–water partition coefficient (Wildman–Crippen LogP) is 8.29. The first-order chi connectivity index (χ1) is 18.8. The Bertz CT molecular complexity index is 918. The van der Waals surface area contributed by atoms with Crippen LogP contribution in [0.1, 0.15) is 0 Å². The van der Waals surface area contributed by atoms with E-state index in [2.05, 4.69) is 151 Å². The van der Waals surface area contributed by atoms with Gasteiger partial charge in [-0.2, -0.15) is 0 Å². The third kappa shape index (κ3) is 22.6. The van der Waals surface area contributed by atoms with Gasteiger partial charge in [-0.1, -0.05) is 0 Å². The highest BCUT2D eigenvalue weighted by Gasteiger charge is 2.50. The molecule has 266 valence electrons. The van der Waals surface area contributed by atoms with Gasteiger partial charge >= 0.3 is 68.5 Å². The fourth-order valence-electron chi connectivity index (χ4n) is 5.97. The van der Waals surface area contributed by atoms with E-state index in [0.29, 0.717) is 0 Å². The van der Waals surface area contributed by atoms with Crippen LogP contribution in [-0.4, -0.2) is 94.4 Å². The van der Waals surface area contributed by atoms with Gasteiger partial charge in [-0.25, -0.2) is 0 Å². The molecular formula is C23H70O10Si11. The quantitative estimate of drug-likeness (QED) is 0.112.